The van der Waals surface area contributed by atoms with Crippen LogP contribution in [0.4, 0.5) is 10.1 Å². The second kappa shape index (κ2) is 5.14. The van der Waals surface area contributed by atoms with Crippen molar-refractivity contribution in [2.24, 2.45) is 5.92 Å². The van der Waals surface area contributed by atoms with E-state index in [-0.39, 0.29) is 22.2 Å². The van der Waals surface area contributed by atoms with Crippen molar-refractivity contribution in [3.63, 3.8) is 0 Å². The van der Waals surface area contributed by atoms with E-state index in [0.717, 1.165) is 18.9 Å². The zero-order valence-corrected chi connectivity index (χ0v) is 11.0. The van der Waals surface area contributed by atoms with Gasteiger partial charge in [-0.05, 0) is 30.9 Å². The third kappa shape index (κ3) is 2.58. The molecule has 0 radical (unpaired) electrons. The second-order valence-corrected chi connectivity index (χ2v) is 5.26. The molecule has 1 unspecified atom stereocenters. The van der Waals surface area contributed by atoms with Gasteiger partial charge in [0, 0.05) is 13.1 Å². The second-order valence-electron chi connectivity index (χ2n) is 4.85. The fourth-order valence-corrected chi connectivity index (χ4v) is 2.43. The molecule has 5 heteroatoms. The highest BCUT2D eigenvalue weighted by Gasteiger charge is 2.24. The molecule has 1 aromatic carbocycles. The first-order chi connectivity index (χ1) is 8.49. The Kier molecular flexibility index (Phi) is 3.76. The molecule has 0 saturated carbocycles. The van der Waals surface area contributed by atoms with Crippen molar-refractivity contribution in [3.8, 4) is 0 Å². The van der Waals surface area contributed by atoms with Gasteiger partial charge in [0.15, 0.2) is 0 Å². The predicted molar refractivity (Wildman–Crippen MR) is 70.1 cm³/mol. The molecule has 0 bridgehead atoms. The van der Waals surface area contributed by atoms with Crippen LogP contribution in [-0.4, -0.2) is 23.9 Å². The summed E-state index contributed by atoms with van der Waals surface area (Å²) in [6.45, 7) is 3.43. The lowest BCUT2D eigenvalue weighted by molar-refractivity contribution is 0.0678. The van der Waals surface area contributed by atoms with Gasteiger partial charge < -0.3 is 10.6 Å². The molecule has 1 atom stereocenters. The van der Waals surface area contributed by atoms with Crippen LogP contribution in [0, 0.1) is 11.7 Å². The Bertz CT molecular complexity index is 478. The first-order valence-electron chi connectivity index (χ1n) is 6.03. The summed E-state index contributed by atoms with van der Waals surface area (Å²) in [6.07, 6.45) is 2.06. The van der Waals surface area contributed by atoms with Crippen molar-refractivity contribution in [2.75, 3.05) is 18.8 Å². The Morgan fingerprint density at radius 2 is 2.28 bits per heavy atom. The van der Waals surface area contributed by atoms with Crippen LogP contribution < -0.4 is 5.73 Å². The largest absolute Gasteiger partial charge is 0.397 e. The summed E-state index contributed by atoms with van der Waals surface area (Å²) >= 11 is 5.84. The molecule has 0 aliphatic carbocycles. The Morgan fingerprint density at radius 3 is 2.94 bits per heavy atom. The zero-order valence-electron chi connectivity index (χ0n) is 10.2. The molecule has 1 aliphatic heterocycles. The molecule has 2 N–H and O–H groups in total. The molecule has 1 amide bonds. The quantitative estimate of drug-likeness (QED) is 0.798. The molecule has 98 valence electrons. The molecule has 18 heavy (non-hydrogen) atoms. The lowest BCUT2D eigenvalue weighted by Crippen LogP contribution is -2.39. The molecule has 3 nitrogen and oxygen atoms in total. The number of amides is 1. The van der Waals surface area contributed by atoms with Crippen LogP contribution in [0.1, 0.15) is 30.1 Å². The number of carbonyl (C=O) groups excluding carboxylic acids is 1. The lowest BCUT2D eigenvalue weighted by Gasteiger charge is -2.31. The summed E-state index contributed by atoms with van der Waals surface area (Å²) in [7, 11) is 0. The van der Waals surface area contributed by atoms with Gasteiger partial charge in [-0.25, -0.2) is 4.39 Å². The number of anilines is 1. The minimum atomic E-state index is -0.611. The van der Waals surface area contributed by atoms with Gasteiger partial charge in [0.2, 0.25) is 0 Å². The Morgan fingerprint density at radius 1 is 1.56 bits per heavy atom. The van der Waals surface area contributed by atoms with Gasteiger partial charge in [0.05, 0.1) is 16.3 Å². The van der Waals surface area contributed by atoms with E-state index in [1.165, 1.54) is 6.07 Å². The van der Waals surface area contributed by atoms with Crippen LogP contribution in [0.5, 0.6) is 0 Å². The van der Waals surface area contributed by atoms with Crippen molar-refractivity contribution >= 4 is 23.2 Å². The summed E-state index contributed by atoms with van der Waals surface area (Å²) in [5, 5.41) is 0.213. The van der Waals surface area contributed by atoms with Gasteiger partial charge >= 0.3 is 0 Å². The molecule has 1 fully saturated rings. The number of nitrogen functional groups attached to an aromatic ring is 1. The van der Waals surface area contributed by atoms with Crippen LogP contribution in [0.3, 0.4) is 0 Å². The monoisotopic (exact) mass is 270 g/mol. The number of nitrogens with two attached hydrogens (primary N) is 1. The van der Waals surface area contributed by atoms with E-state index in [9.17, 15) is 9.18 Å². The summed E-state index contributed by atoms with van der Waals surface area (Å²) < 4.78 is 13.7. The van der Waals surface area contributed by atoms with E-state index < -0.39 is 5.82 Å². The number of piperidine rings is 1. The van der Waals surface area contributed by atoms with Gasteiger partial charge in [0.1, 0.15) is 5.82 Å². The predicted octanol–water partition coefficient (Wildman–Crippen LogP) is 2.93. The molecule has 1 saturated heterocycles. The summed E-state index contributed by atoms with van der Waals surface area (Å²) in [5.74, 6) is -0.462. The average molecular weight is 271 g/mol. The van der Waals surface area contributed by atoms with Crippen LogP contribution >= 0.6 is 11.6 Å². The highest BCUT2D eigenvalue weighted by atomic mass is 35.5. The maximum absolute atomic E-state index is 13.7. The third-order valence-corrected chi connectivity index (χ3v) is 3.59. The molecule has 1 aliphatic rings. The van der Waals surface area contributed by atoms with E-state index in [1.54, 1.807) is 4.90 Å². The third-order valence-electron chi connectivity index (χ3n) is 3.26. The van der Waals surface area contributed by atoms with E-state index in [0.29, 0.717) is 19.0 Å². The average Bonchev–Trinajstić information content (AvgIpc) is 2.33. The highest BCUT2D eigenvalue weighted by molar-refractivity contribution is 6.33. The smallest absolute Gasteiger partial charge is 0.256 e. The number of nitrogens with zero attached hydrogens (tertiary/aromatic N) is 1. The molecule has 1 aromatic rings. The topological polar surface area (TPSA) is 46.3 Å². The van der Waals surface area contributed by atoms with Gasteiger partial charge in [-0.2, -0.15) is 0 Å². The fourth-order valence-electron chi connectivity index (χ4n) is 2.27. The summed E-state index contributed by atoms with van der Waals surface area (Å²) in [6, 6.07) is 2.41. The van der Waals surface area contributed by atoms with Gasteiger partial charge in [-0.15, -0.1) is 0 Å². The van der Waals surface area contributed by atoms with Crippen LogP contribution in [-0.2, 0) is 0 Å². The lowest BCUT2D eigenvalue weighted by atomic mass is 9.99. The van der Waals surface area contributed by atoms with Crippen LogP contribution in [0.15, 0.2) is 12.1 Å². The number of halogens is 2. The summed E-state index contributed by atoms with van der Waals surface area (Å²) in [5.41, 5.74) is 5.65. The number of likely N-dealkylation sites (tertiary alicyclic amines) is 1. The standard InChI is InChI=1S/C13H16ClFN2O/c1-8-3-2-4-17(7-8)13(18)9-5-10(14)12(16)6-11(9)15/h5-6,8H,2-4,7,16H2,1H3. The van der Waals surface area contributed by atoms with Gasteiger partial charge in [0.25, 0.3) is 5.91 Å². The zero-order chi connectivity index (χ0) is 13.3. The maximum Gasteiger partial charge on any atom is 0.256 e. The molecule has 0 spiro atoms. The number of rotatable bonds is 1. The molecule has 0 aromatic heterocycles. The molecule has 1 heterocycles. The van der Waals surface area contributed by atoms with Crippen LogP contribution in [0.2, 0.25) is 5.02 Å². The van der Waals surface area contributed by atoms with Crippen LogP contribution in [0.25, 0.3) is 0 Å². The van der Waals surface area contributed by atoms with E-state index >= 15 is 0 Å². The first-order valence-corrected chi connectivity index (χ1v) is 6.40. The van der Waals surface area contributed by atoms with Crippen molar-refractivity contribution in [1.29, 1.82) is 0 Å². The van der Waals surface area contributed by atoms with Crippen molar-refractivity contribution in [1.82, 2.24) is 4.90 Å². The minimum absolute atomic E-state index is 0.00306. The summed E-state index contributed by atoms with van der Waals surface area (Å²) in [4.78, 5) is 13.9. The number of hydrogen-bond donors (Lipinski definition) is 1. The minimum Gasteiger partial charge on any atom is -0.397 e. The number of benzene rings is 1. The van der Waals surface area contributed by atoms with E-state index in [4.69, 9.17) is 17.3 Å². The van der Waals surface area contributed by atoms with E-state index in [2.05, 4.69) is 6.92 Å². The first kappa shape index (κ1) is 13.1. The fraction of sp³-hybridized carbons (Fsp3) is 0.462. The maximum atomic E-state index is 13.7. The van der Waals surface area contributed by atoms with Crippen molar-refractivity contribution in [3.05, 3.63) is 28.5 Å². The van der Waals surface area contributed by atoms with E-state index in [1.807, 2.05) is 0 Å². The molecular formula is C13H16ClFN2O. The number of carbonyl (C=O) groups is 1. The van der Waals surface area contributed by atoms with Gasteiger partial charge in [-0.3, -0.25) is 4.79 Å². The SMILES string of the molecule is CC1CCCN(C(=O)c2cc(Cl)c(N)cc2F)C1. The molecular weight excluding hydrogens is 255 g/mol. The molecule has 2 rings (SSSR count). The normalized spacial score (nSPS) is 19.9. The number of hydrogen-bond acceptors (Lipinski definition) is 2. The van der Waals surface area contributed by atoms with Gasteiger partial charge in [-0.1, -0.05) is 18.5 Å². The van der Waals surface area contributed by atoms with Crippen molar-refractivity contribution in [2.45, 2.75) is 19.8 Å². The highest BCUT2D eigenvalue weighted by Crippen LogP contribution is 2.25. The van der Waals surface area contributed by atoms with Crippen molar-refractivity contribution < 1.29 is 9.18 Å². The Balaban J connectivity index is 2.25. The Labute approximate surface area is 111 Å². The Hall–Kier alpha value is -1.29.